The van der Waals surface area contributed by atoms with E-state index in [0.29, 0.717) is 30.4 Å². The van der Waals surface area contributed by atoms with E-state index in [4.69, 9.17) is 16.3 Å². The van der Waals surface area contributed by atoms with E-state index < -0.39 is 42.4 Å². The number of hydrogen-bond donors (Lipinski definition) is 2. The Hall–Kier alpha value is -2.90. The van der Waals surface area contributed by atoms with Crippen molar-refractivity contribution in [1.82, 2.24) is 20.0 Å². The largest absolute Gasteiger partial charge is 0.522 e. The maximum atomic E-state index is 13.8. The Morgan fingerprint density at radius 3 is 2.66 bits per heavy atom. The highest BCUT2D eigenvalue weighted by Gasteiger charge is 2.70. The summed E-state index contributed by atoms with van der Waals surface area (Å²) in [7, 11) is 0. The number of benzene rings is 1. The molecule has 2 aromatic rings. The van der Waals surface area contributed by atoms with Crippen molar-refractivity contribution in [3.8, 4) is 5.75 Å². The first-order valence-corrected chi connectivity index (χ1v) is 12.4. The van der Waals surface area contributed by atoms with Gasteiger partial charge in [-0.25, -0.2) is 4.39 Å². The van der Waals surface area contributed by atoms with Gasteiger partial charge in [0, 0.05) is 48.8 Å². The number of aromatic nitrogens is 2. The van der Waals surface area contributed by atoms with Gasteiger partial charge in [-0.05, 0) is 25.3 Å². The molecule has 3 heterocycles. The Kier molecular flexibility index (Phi) is 5.71. The van der Waals surface area contributed by atoms with Crippen LogP contribution >= 0.6 is 11.6 Å². The highest BCUT2D eigenvalue weighted by atomic mass is 35.5. The lowest BCUT2D eigenvalue weighted by Gasteiger charge is -2.70. The van der Waals surface area contributed by atoms with E-state index in [0.717, 1.165) is 6.07 Å². The van der Waals surface area contributed by atoms with Crippen LogP contribution in [-0.4, -0.2) is 69.3 Å². The number of ether oxygens (including phenoxy) is 2. The maximum absolute atomic E-state index is 13.8. The van der Waals surface area contributed by atoms with Crippen LogP contribution in [-0.2, 0) is 15.1 Å². The van der Waals surface area contributed by atoms with Crippen molar-refractivity contribution in [3.63, 3.8) is 0 Å². The number of carbonyl (C=O) groups is 2. The van der Waals surface area contributed by atoms with Crippen LogP contribution in [0.25, 0.3) is 0 Å². The number of carbonyl (C=O) groups excluding carboxylic acids is 2. The van der Waals surface area contributed by atoms with Gasteiger partial charge in [-0.3, -0.25) is 19.0 Å². The van der Waals surface area contributed by atoms with Gasteiger partial charge in [0.05, 0.1) is 35.0 Å². The van der Waals surface area contributed by atoms with Crippen molar-refractivity contribution in [2.75, 3.05) is 19.7 Å². The van der Waals surface area contributed by atoms with Gasteiger partial charge >= 0.3 is 6.36 Å². The SMILES string of the molecule is O=C(NC12CC(n3cc(C(=O)N4CC(COC(F)(F)F)C4)cn3)(C1)C2)[C@H]1C[C@@H](O)c2cc(Cl)c(F)cc2O1. The molecule has 2 bridgehead atoms. The van der Waals surface area contributed by atoms with Crippen molar-refractivity contribution < 1.29 is 41.7 Å². The number of aliphatic hydroxyl groups excluding tert-OH is 1. The number of fused-ring (bicyclic) bond motifs is 1. The van der Waals surface area contributed by atoms with Gasteiger partial charge in [0.15, 0.2) is 6.10 Å². The fraction of sp³-hybridized carbons (Fsp3) is 0.542. The summed E-state index contributed by atoms with van der Waals surface area (Å²) in [6, 6.07) is 2.35. The van der Waals surface area contributed by atoms with Crippen molar-refractivity contribution >= 4 is 23.4 Å². The first-order valence-electron chi connectivity index (χ1n) is 12.1. The zero-order valence-electron chi connectivity index (χ0n) is 19.8. The predicted molar refractivity (Wildman–Crippen MR) is 122 cm³/mol. The average Bonchev–Trinajstić information content (AvgIpc) is 3.24. The van der Waals surface area contributed by atoms with Crippen LogP contribution in [0.15, 0.2) is 24.5 Å². The van der Waals surface area contributed by atoms with Gasteiger partial charge in [-0.1, -0.05) is 11.6 Å². The van der Waals surface area contributed by atoms with Gasteiger partial charge in [0.25, 0.3) is 11.8 Å². The molecular weight excluding hydrogens is 536 g/mol. The Morgan fingerprint density at radius 1 is 1.26 bits per heavy atom. The zero-order valence-corrected chi connectivity index (χ0v) is 20.6. The van der Waals surface area contributed by atoms with E-state index in [1.54, 1.807) is 10.9 Å². The molecule has 5 aliphatic rings. The third-order valence-corrected chi connectivity index (χ3v) is 8.13. The second-order valence-electron chi connectivity index (χ2n) is 10.7. The second-order valence-corrected chi connectivity index (χ2v) is 11.1. The lowest BCUT2D eigenvalue weighted by Crippen LogP contribution is -2.79. The number of halogens is 5. The lowest BCUT2D eigenvalue weighted by molar-refractivity contribution is -0.330. The Bertz CT molecular complexity index is 1290. The quantitative estimate of drug-likeness (QED) is 0.528. The summed E-state index contributed by atoms with van der Waals surface area (Å²) in [5.41, 5.74) is -0.102. The summed E-state index contributed by atoms with van der Waals surface area (Å²) in [6.07, 6.45) is -1.84. The first-order chi connectivity index (χ1) is 17.9. The van der Waals surface area contributed by atoms with Gasteiger partial charge in [0.2, 0.25) is 0 Å². The Labute approximate surface area is 218 Å². The molecule has 1 saturated heterocycles. The molecule has 2 N–H and O–H groups in total. The third-order valence-electron chi connectivity index (χ3n) is 7.84. The first kappa shape index (κ1) is 25.4. The molecule has 0 radical (unpaired) electrons. The molecule has 0 unspecified atom stereocenters. The van der Waals surface area contributed by atoms with Gasteiger partial charge in [-0.15, -0.1) is 13.2 Å². The fourth-order valence-electron chi connectivity index (χ4n) is 5.98. The molecule has 38 heavy (non-hydrogen) atoms. The lowest BCUT2D eigenvalue weighted by atomic mass is 9.44. The normalized spacial score (nSPS) is 29.9. The van der Waals surface area contributed by atoms with Crippen molar-refractivity contribution in [2.24, 2.45) is 5.92 Å². The van der Waals surface area contributed by atoms with Crippen LogP contribution in [0.4, 0.5) is 17.6 Å². The molecule has 0 spiro atoms. The van der Waals surface area contributed by atoms with Crippen LogP contribution in [0, 0.1) is 11.7 Å². The fourth-order valence-corrected chi connectivity index (χ4v) is 6.15. The molecule has 204 valence electrons. The molecule has 2 amide bonds. The summed E-state index contributed by atoms with van der Waals surface area (Å²) in [5.74, 6) is -1.70. The van der Waals surface area contributed by atoms with Crippen molar-refractivity contribution in [3.05, 3.63) is 46.5 Å². The molecule has 1 aromatic heterocycles. The van der Waals surface area contributed by atoms with Crippen molar-refractivity contribution in [1.29, 1.82) is 0 Å². The highest BCUT2D eigenvalue weighted by molar-refractivity contribution is 6.30. The monoisotopic (exact) mass is 558 g/mol. The number of aliphatic hydroxyl groups is 1. The second kappa shape index (κ2) is 8.55. The molecule has 3 saturated carbocycles. The summed E-state index contributed by atoms with van der Waals surface area (Å²) in [5, 5.41) is 17.6. The maximum Gasteiger partial charge on any atom is 0.522 e. The number of nitrogens with zero attached hydrogens (tertiary/aromatic N) is 3. The van der Waals surface area contributed by atoms with E-state index in [-0.39, 0.29) is 47.6 Å². The molecule has 9 nitrogen and oxygen atoms in total. The van der Waals surface area contributed by atoms with Crippen LogP contribution in [0.1, 0.15) is 47.7 Å². The third kappa shape index (κ3) is 4.30. The summed E-state index contributed by atoms with van der Waals surface area (Å²) >= 11 is 5.78. The van der Waals surface area contributed by atoms with E-state index in [2.05, 4.69) is 15.2 Å². The number of hydrogen-bond acceptors (Lipinski definition) is 6. The number of alkyl halides is 3. The average molecular weight is 559 g/mol. The minimum Gasteiger partial charge on any atom is -0.480 e. The van der Waals surface area contributed by atoms with Gasteiger partial charge in [-0.2, -0.15) is 5.10 Å². The minimum absolute atomic E-state index is 0.00628. The van der Waals surface area contributed by atoms with Crippen LogP contribution in [0.5, 0.6) is 5.75 Å². The molecule has 2 aliphatic heterocycles. The van der Waals surface area contributed by atoms with Crippen LogP contribution < -0.4 is 10.1 Å². The number of nitrogens with one attached hydrogen (secondary N) is 1. The predicted octanol–water partition coefficient (Wildman–Crippen LogP) is 2.92. The number of rotatable bonds is 6. The molecule has 3 aliphatic carbocycles. The summed E-state index contributed by atoms with van der Waals surface area (Å²) in [4.78, 5) is 27.0. The van der Waals surface area contributed by atoms with Crippen LogP contribution in [0.3, 0.4) is 0 Å². The van der Waals surface area contributed by atoms with E-state index in [1.807, 2.05) is 0 Å². The van der Waals surface area contributed by atoms with Gasteiger partial charge in [0.1, 0.15) is 11.6 Å². The summed E-state index contributed by atoms with van der Waals surface area (Å²) in [6.45, 7) is -0.114. The molecule has 2 atom stereocenters. The number of likely N-dealkylation sites (tertiary alicyclic amines) is 1. The molecule has 7 rings (SSSR count). The van der Waals surface area contributed by atoms with E-state index >= 15 is 0 Å². The standard InChI is InChI=1S/C24H23ClF4N4O5/c25-15-1-14-17(34)3-19(38-18(14)2-16(15)26)20(35)31-22-9-23(10-22,11-22)33-7-13(4-30-33)21(36)32-5-12(6-32)8-37-24(27,28)29/h1-2,4,7,12,17,19,34H,3,5-6,8-11H2,(H,31,35)/t17-,19-,22?,23?/m1/s1. The van der Waals surface area contributed by atoms with E-state index in [1.165, 1.54) is 17.2 Å². The highest BCUT2D eigenvalue weighted by Crippen LogP contribution is 2.65. The summed E-state index contributed by atoms with van der Waals surface area (Å²) < 4.78 is 61.5. The minimum atomic E-state index is -4.69. The Balaban J connectivity index is 1.01. The van der Waals surface area contributed by atoms with Crippen LogP contribution in [0.2, 0.25) is 5.02 Å². The molecular formula is C24H23ClF4N4O5. The van der Waals surface area contributed by atoms with Crippen molar-refractivity contribution in [2.45, 2.75) is 55.3 Å². The topological polar surface area (TPSA) is 106 Å². The Morgan fingerprint density at radius 2 is 1.97 bits per heavy atom. The smallest absolute Gasteiger partial charge is 0.480 e. The molecule has 4 fully saturated rings. The molecule has 1 aromatic carbocycles. The number of amides is 2. The molecule has 14 heteroatoms. The van der Waals surface area contributed by atoms with Gasteiger partial charge < -0.3 is 20.1 Å². The zero-order chi connectivity index (χ0) is 27.0. The van der Waals surface area contributed by atoms with E-state index in [9.17, 15) is 32.3 Å².